The first kappa shape index (κ1) is 15.8. The molecule has 1 aliphatic rings. The van der Waals surface area contributed by atoms with Gasteiger partial charge in [-0.15, -0.1) is 0 Å². The van der Waals surface area contributed by atoms with Gasteiger partial charge in [0.1, 0.15) is 0 Å². The fraction of sp³-hybridized carbons (Fsp3) is 0.300. The van der Waals surface area contributed by atoms with Crippen LogP contribution in [0.25, 0.3) is 22.2 Å². The van der Waals surface area contributed by atoms with Gasteiger partial charge in [0.15, 0.2) is 0 Å². The van der Waals surface area contributed by atoms with Crippen LogP contribution in [0.1, 0.15) is 16.8 Å². The van der Waals surface area contributed by atoms with E-state index in [2.05, 4.69) is 22.1 Å². The molecule has 1 saturated heterocycles. The molecule has 1 atom stereocenters. The Morgan fingerprint density at radius 3 is 2.88 bits per heavy atom. The monoisotopic (exact) mass is 334 g/mol. The number of hydrogen-bond donors (Lipinski definition) is 1. The maximum atomic E-state index is 12.9. The summed E-state index contributed by atoms with van der Waals surface area (Å²) in [6.45, 7) is 1.98. The zero-order valence-corrected chi connectivity index (χ0v) is 14.6. The van der Waals surface area contributed by atoms with E-state index in [0.717, 1.165) is 41.7 Å². The summed E-state index contributed by atoms with van der Waals surface area (Å²) in [6, 6.07) is 16.1. The van der Waals surface area contributed by atoms with E-state index in [9.17, 15) is 4.79 Å². The van der Waals surface area contributed by atoms with Crippen molar-refractivity contribution in [1.82, 2.24) is 20.0 Å². The SMILES string of the molecule is CN1CCC(N(C)C(=O)c2cccc(-c3n[nH]c4ccccc34)c2)C1. The number of nitrogens with zero attached hydrogens (tertiary/aromatic N) is 3. The average molecular weight is 334 g/mol. The van der Waals surface area contributed by atoms with E-state index < -0.39 is 0 Å². The summed E-state index contributed by atoms with van der Waals surface area (Å²) in [5, 5.41) is 8.57. The molecule has 1 amide bonds. The molecule has 0 saturated carbocycles. The Balaban J connectivity index is 1.64. The van der Waals surface area contributed by atoms with Crippen LogP contribution in [0.4, 0.5) is 0 Å². The van der Waals surface area contributed by atoms with Gasteiger partial charge in [0, 0.05) is 36.1 Å². The van der Waals surface area contributed by atoms with Crippen LogP contribution in [0.2, 0.25) is 0 Å². The van der Waals surface area contributed by atoms with E-state index in [0.29, 0.717) is 5.56 Å². The Bertz CT molecular complexity index is 917. The summed E-state index contributed by atoms with van der Waals surface area (Å²) >= 11 is 0. The Morgan fingerprint density at radius 2 is 2.08 bits per heavy atom. The standard InChI is InChI=1S/C20H22N4O/c1-23-11-10-16(13-23)24(2)20(25)15-7-5-6-14(12-15)19-17-8-3-4-9-18(17)21-22-19/h3-9,12,16H,10-11,13H2,1-2H3,(H,21,22). The lowest BCUT2D eigenvalue weighted by Gasteiger charge is -2.24. The molecular weight excluding hydrogens is 312 g/mol. The van der Waals surface area contributed by atoms with Gasteiger partial charge in [-0.1, -0.05) is 30.3 Å². The lowest BCUT2D eigenvalue weighted by molar-refractivity contribution is 0.0737. The number of fused-ring (bicyclic) bond motifs is 1. The number of aromatic amines is 1. The van der Waals surface area contributed by atoms with E-state index in [4.69, 9.17) is 0 Å². The topological polar surface area (TPSA) is 52.2 Å². The van der Waals surface area contributed by atoms with Gasteiger partial charge in [0.05, 0.1) is 11.2 Å². The summed E-state index contributed by atoms with van der Waals surface area (Å²) in [5.41, 5.74) is 3.55. The molecule has 4 rings (SSSR count). The fourth-order valence-corrected chi connectivity index (χ4v) is 3.58. The first-order chi connectivity index (χ1) is 12.1. The van der Waals surface area contributed by atoms with Gasteiger partial charge in [-0.25, -0.2) is 0 Å². The molecular formula is C20H22N4O. The molecule has 1 N–H and O–H groups in total. The van der Waals surface area contributed by atoms with Crippen LogP contribution in [0.15, 0.2) is 48.5 Å². The molecule has 3 aromatic rings. The van der Waals surface area contributed by atoms with E-state index >= 15 is 0 Å². The summed E-state index contributed by atoms with van der Waals surface area (Å²) in [4.78, 5) is 17.0. The number of likely N-dealkylation sites (tertiary alicyclic amines) is 1. The van der Waals surface area contributed by atoms with Gasteiger partial charge < -0.3 is 9.80 Å². The van der Waals surface area contributed by atoms with E-state index in [1.807, 2.05) is 60.5 Å². The lowest BCUT2D eigenvalue weighted by Crippen LogP contribution is -2.38. The van der Waals surface area contributed by atoms with Crippen LogP contribution in [0.3, 0.4) is 0 Å². The second-order valence-electron chi connectivity index (χ2n) is 6.82. The Morgan fingerprint density at radius 1 is 1.24 bits per heavy atom. The number of carbonyl (C=O) groups excluding carboxylic acids is 1. The molecule has 1 aromatic heterocycles. The minimum Gasteiger partial charge on any atom is -0.337 e. The molecule has 5 nitrogen and oxygen atoms in total. The summed E-state index contributed by atoms with van der Waals surface area (Å²) in [5.74, 6) is 0.0713. The number of aromatic nitrogens is 2. The minimum absolute atomic E-state index is 0.0713. The molecule has 0 radical (unpaired) electrons. The van der Waals surface area contributed by atoms with Crippen LogP contribution < -0.4 is 0 Å². The van der Waals surface area contributed by atoms with Gasteiger partial charge in [0.25, 0.3) is 5.91 Å². The van der Waals surface area contributed by atoms with Crippen LogP contribution >= 0.6 is 0 Å². The van der Waals surface area contributed by atoms with E-state index in [1.165, 1.54) is 0 Å². The lowest BCUT2D eigenvalue weighted by atomic mass is 10.0. The highest BCUT2D eigenvalue weighted by Crippen LogP contribution is 2.27. The van der Waals surface area contributed by atoms with Gasteiger partial charge in [0.2, 0.25) is 0 Å². The first-order valence-electron chi connectivity index (χ1n) is 8.63. The maximum absolute atomic E-state index is 12.9. The number of nitrogens with one attached hydrogen (secondary N) is 1. The third kappa shape index (κ3) is 2.91. The predicted octanol–water partition coefficient (Wildman–Crippen LogP) is 3.01. The second kappa shape index (κ2) is 6.33. The second-order valence-corrected chi connectivity index (χ2v) is 6.82. The van der Waals surface area contributed by atoms with Crippen LogP contribution in [-0.2, 0) is 0 Å². The molecule has 0 spiro atoms. The summed E-state index contributed by atoms with van der Waals surface area (Å²) in [6.07, 6.45) is 1.03. The Kier molecular flexibility index (Phi) is 4.01. The largest absolute Gasteiger partial charge is 0.337 e. The van der Waals surface area contributed by atoms with Gasteiger partial charge >= 0.3 is 0 Å². The molecule has 1 unspecified atom stereocenters. The molecule has 0 bridgehead atoms. The number of carbonyl (C=O) groups is 1. The molecule has 5 heteroatoms. The van der Waals surface area contributed by atoms with Crippen molar-refractivity contribution in [2.45, 2.75) is 12.5 Å². The summed E-state index contributed by atoms with van der Waals surface area (Å²) < 4.78 is 0. The van der Waals surface area contributed by atoms with Gasteiger partial charge in [-0.2, -0.15) is 5.10 Å². The molecule has 0 aliphatic carbocycles. The minimum atomic E-state index is 0.0713. The first-order valence-corrected chi connectivity index (χ1v) is 8.63. The van der Waals surface area contributed by atoms with Crippen molar-refractivity contribution in [3.8, 4) is 11.3 Å². The average Bonchev–Trinajstić information content (AvgIpc) is 3.27. The van der Waals surface area contributed by atoms with Gasteiger partial charge in [-0.05, 0) is 38.2 Å². The van der Waals surface area contributed by atoms with Crippen molar-refractivity contribution in [3.05, 3.63) is 54.1 Å². The maximum Gasteiger partial charge on any atom is 0.253 e. The van der Waals surface area contributed by atoms with Gasteiger partial charge in [-0.3, -0.25) is 9.89 Å². The Hall–Kier alpha value is -2.66. The van der Waals surface area contributed by atoms with Crippen molar-refractivity contribution in [2.24, 2.45) is 0 Å². The molecule has 2 aromatic carbocycles. The zero-order valence-electron chi connectivity index (χ0n) is 14.6. The third-order valence-corrected chi connectivity index (χ3v) is 5.09. The highest BCUT2D eigenvalue weighted by molar-refractivity contribution is 5.98. The van der Waals surface area contributed by atoms with Crippen molar-refractivity contribution in [3.63, 3.8) is 0 Å². The normalized spacial score (nSPS) is 17.9. The molecule has 1 aliphatic heterocycles. The van der Waals surface area contributed by atoms with Crippen molar-refractivity contribution in [1.29, 1.82) is 0 Å². The smallest absolute Gasteiger partial charge is 0.253 e. The molecule has 128 valence electrons. The van der Waals surface area contributed by atoms with Crippen LogP contribution in [0, 0.1) is 0 Å². The molecule has 25 heavy (non-hydrogen) atoms. The zero-order chi connectivity index (χ0) is 17.4. The highest BCUT2D eigenvalue weighted by Gasteiger charge is 2.27. The molecule has 2 heterocycles. The number of amides is 1. The van der Waals surface area contributed by atoms with Crippen molar-refractivity contribution >= 4 is 16.8 Å². The van der Waals surface area contributed by atoms with Crippen LogP contribution in [-0.4, -0.2) is 59.1 Å². The Labute approximate surface area is 147 Å². The van der Waals surface area contributed by atoms with Crippen molar-refractivity contribution < 1.29 is 4.79 Å². The van der Waals surface area contributed by atoms with E-state index in [1.54, 1.807) is 0 Å². The summed E-state index contributed by atoms with van der Waals surface area (Å²) in [7, 11) is 4.00. The molecule has 1 fully saturated rings. The van der Waals surface area contributed by atoms with Crippen molar-refractivity contribution in [2.75, 3.05) is 27.2 Å². The number of H-pyrrole nitrogens is 1. The quantitative estimate of drug-likeness (QED) is 0.801. The van der Waals surface area contributed by atoms with E-state index in [-0.39, 0.29) is 11.9 Å². The number of hydrogen-bond acceptors (Lipinski definition) is 3. The predicted molar refractivity (Wildman–Crippen MR) is 99.5 cm³/mol. The number of likely N-dealkylation sites (N-methyl/N-ethyl adjacent to an activating group) is 2. The number of benzene rings is 2. The number of rotatable bonds is 3. The number of para-hydroxylation sites is 1. The third-order valence-electron chi connectivity index (χ3n) is 5.09. The van der Waals surface area contributed by atoms with Crippen LogP contribution in [0.5, 0.6) is 0 Å². The highest BCUT2D eigenvalue weighted by atomic mass is 16.2. The fourth-order valence-electron chi connectivity index (χ4n) is 3.58.